The summed E-state index contributed by atoms with van der Waals surface area (Å²) in [5.41, 5.74) is 1.02. The van der Waals surface area contributed by atoms with Gasteiger partial charge in [-0.1, -0.05) is 63.3 Å². The molecule has 1 aromatic heterocycles. The van der Waals surface area contributed by atoms with Gasteiger partial charge in [-0.3, -0.25) is 4.98 Å². The molecule has 1 heterocycles. The van der Waals surface area contributed by atoms with Crippen LogP contribution in [0.1, 0.15) is 51.1 Å². The molecular formula is C18H25NO. The van der Waals surface area contributed by atoms with E-state index in [4.69, 9.17) is 4.74 Å². The van der Waals surface area contributed by atoms with Crippen LogP contribution < -0.4 is 0 Å². The van der Waals surface area contributed by atoms with Crippen molar-refractivity contribution in [2.24, 2.45) is 0 Å². The maximum Gasteiger partial charge on any atom is 0.0888 e. The lowest BCUT2D eigenvalue weighted by Crippen LogP contribution is -1.97. The first-order chi connectivity index (χ1) is 9.90. The Kier molecular flexibility index (Phi) is 6.52. The summed E-state index contributed by atoms with van der Waals surface area (Å²) in [6.45, 7) is 3.72. The van der Waals surface area contributed by atoms with Gasteiger partial charge in [0.2, 0.25) is 0 Å². The number of fused-ring (bicyclic) bond motifs is 1. The van der Waals surface area contributed by atoms with Crippen molar-refractivity contribution >= 4 is 10.8 Å². The van der Waals surface area contributed by atoms with Crippen LogP contribution in [-0.2, 0) is 11.3 Å². The first kappa shape index (κ1) is 15.0. The molecule has 2 rings (SSSR count). The molecule has 0 fully saturated rings. The largest absolute Gasteiger partial charge is 0.375 e. The van der Waals surface area contributed by atoms with Gasteiger partial charge in [-0.2, -0.15) is 0 Å². The predicted molar refractivity (Wildman–Crippen MR) is 84.8 cm³/mol. The van der Waals surface area contributed by atoms with Gasteiger partial charge in [0.25, 0.3) is 0 Å². The lowest BCUT2D eigenvalue weighted by Gasteiger charge is -2.05. The van der Waals surface area contributed by atoms with E-state index in [1.807, 2.05) is 12.3 Å². The zero-order valence-electron chi connectivity index (χ0n) is 12.5. The van der Waals surface area contributed by atoms with Gasteiger partial charge in [0, 0.05) is 18.2 Å². The fraction of sp³-hybridized carbons (Fsp3) is 0.500. The minimum Gasteiger partial charge on any atom is -0.375 e. The number of ether oxygens (including phenoxy) is 1. The minimum atomic E-state index is 0.625. The fourth-order valence-electron chi connectivity index (χ4n) is 2.37. The molecule has 2 aromatic rings. The van der Waals surface area contributed by atoms with Gasteiger partial charge in [0.05, 0.1) is 12.3 Å². The smallest absolute Gasteiger partial charge is 0.0888 e. The molecule has 108 valence electrons. The molecule has 0 radical (unpaired) electrons. The van der Waals surface area contributed by atoms with E-state index in [0.717, 1.165) is 18.7 Å². The summed E-state index contributed by atoms with van der Waals surface area (Å²) in [7, 11) is 0. The van der Waals surface area contributed by atoms with E-state index in [9.17, 15) is 0 Å². The summed E-state index contributed by atoms with van der Waals surface area (Å²) in [4.78, 5) is 4.44. The Morgan fingerprint density at radius 3 is 2.55 bits per heavy atom. The van der Waals surface area contributed by atoms with Crippen molar-refractivity contribution in [2.45, 2.75) is 52.1 Å². The molecule has 0 aliphatic rings. The SMILES string of the molecule is CCCCCCCCOCc1cc2ccccc2cn1. The van der Waals surface area contributed by atoms with Crippen molar-refractivity contribution in [1.29, 1.82) is 0 Å². The predicted octanol–water partition coefficient (Wildman–Crippen LogP) is 5.11. The summed E-state index contributed by atoms with van der Waals surface area (Å²) in [5.74, 6) is 0. The number of benzene rings is 1. The first-order valence-electron chi connectivity index (χ1n) is 7.81. The standard InChI is InChI=1S/C18H25NO/c1-2-3-4-5-6-9-12-20-15-18-13-16-10-7-8-11-17(16)14-19-18/h7-8,10-11,13-14H,2-6,9,12,15H2,1H3. The lowest BCUT2D eigenvalue weighted by molar-refractivity contribution is 0.114. The minimum absolute atomic E-state index is 0.625. The zero-order chi connectivity index (χ0) is 14.0. The maximum absolute atomic E-state index is 5.71. The maximum atomic E-state index is 5.71. The molecule has 0 unspecified atom stereocenters. The van der Waals surface area contributed by atoms with E-state index >= 15 is 0 Å². The van der Waals surface area contributed by atoms with E-state index in [2.05, 4.69) is 36.2 Å². The van der Waals surface area contributed by atoms with Gasteiger partial charge in [-0.15, -0.1) is 0 Å². The second-order valence-electron chi connectivity index (χ2n) is 5.34. The van der Waals surface area contributed by atoms with Crippen LogP contribution >= 0.6 is 0 Å². The molecule has 1 aromatic carbocycles. The van der Waals surface area contributed by atoms with Gasteiger partial charge in [-0.25, -0.2) is 0 Å². The molecule has 2 nitrogen and oxygen atoms in total. The van der Waals surface area contributed by atoms with Gasteiger partial charge < -0.3 is 4.74 Å². The summed E-state index contributed by atoms with van der Waals surface area (Å²) < 4.78 is 5.71. The van der Waals surface area contributed by atoms with Crippen LogP contribution in [0.5, 0.6) is 0 Å². The summed E-state index contributed by atoms with van der Waals surface area (Å²) in [6.07, 6.45) is 9.75. The van der Waals surface area contributed by atoms with Crippen molar-refractivity contribution < 1.29 is 4.74 Å². The van der Waals surface area contributed by atoms with Crippen LogP contribution in [0, 0.1) is 0 Å². The van der Waals surface area contributed by atoms with Crippen molar-refractivity contribution in [3.63, 3.8) is 0 Å². The van der Waals surface area contributed by atoms with Crippen molar-refractivity contribution in [3.8, 4) is 0 Å². The number of hydrogen-bond donors (Lipinski definition) is 0. The van der Waals surface area contributed by atoms with Crippen LogP contribution in [0.15, 0.2) is 36.5 Å². The molecule has 0 saturated carbocycles. The topological polar surface area (TPSA) is 22.1 Å². The summed E-state index contributed by atoms with van der Waals surface area (Å²) >= 11 is 0. The summed E-state index contributed by atoms with van der Waals surface area (Å²) in [6, 6.07) is 10.4. The molecular weight excluding hydrogens is 246 g/mol. The van der Waals surface area contributed by atoms with Gasteiger partial charge in [0.1, 0.15) is 0 Å². The van der Waals surface area contributed by atoms with E-state index in [-0.39, 0.29) is 0 Å². The van der Waals surface area contributed by atoms with Gasteiger partial charge in [0.15, 0.2) is 0 Å². The molecule has 0 amide bonds. The van der Waals surface area contributed by atoms with Crippen LogP contribution in [0.3, 0.4) is 0 Å². The fourth-order valence-corrected chi connectivity index (χ4v) is 2.37. The molecule has 20 heavy (non-hydrogen) atoms. The number of hydrogen-bond acceptors (Lipinski definition) is 2. The molecule has 0 bridgehead atoms. The highest BCUT2D eigenvalue weighted by molar-refractivity contribution is 5.81. The number of nitrogens with zero attached hydrogens (tertiary/aromatic N) is 1. The van der Waals surface area contributed by atoms with E-state index in [1.54, 1.807) is 0 Å². The summed E-state index contributed by atoms with van der Waals surface area (Å²) in [5, 5.41) is 2.42. The van der Waals surface area contributed by atoms with Crippen LogP contribution in [0.25, 0.3) is 10.8 Å². The molecule has 0 aliphatic heterocycles. The normalized spacial score (nSPS) is 11.1. The molecule has 0 N–H and O–H groups in total. The van der Waals surface area contributed by atoms with Crippen molar-refractivity contribution in [3.05, 3.63) is 42.2 Å². The third-order valence-corrected chi connectivity index (χ3v) is 3.58. The number of rotatable bonds is 9. The zero-order valence-corrected chi connectivity index (χ0v) is 12.5. The third kappa shape index (κ3) is 4.93. The Hall–Kier alpha value is -1.41. The average Bonchev–Trinajstić information content (AvgIpc) is 2.50. The first-order valence-corrected chi connectivity index (χ1v) is 7.81. The molecule has 0 atom stereocenters. The quantitative estimate of drug-likeness (QED) is 0.591. The highest BCUT2D eigenvalue weighted by Crippen LogP contribution is 2.14. The van der Waals surface area contributed by atoms with Crippen LogP contribution in [0.4, 0.5) is 0 Å². The molecule has 2 heteroatoms. The Balaban J connectivity index is 1.65. The monoisotopic (exact) mass is 271 g/mol. The molecule has 0 aliphatic carbocycles. The number of aromatic nitrogens is 1. The third-order valence-electron chi connectivity index (χ3n) is 3.58. The Bertz CT molecular complexity index is 509. The van der Waals surface area contributed by atoms with Gasteiger partial charge >= 0.3 is 0 Å². The molecule has 0 saturated heterocycles. The Morgan fingerprint density at radius 1 is 0.950 bits per heavy atom. The average molecular weight is 271 g/mol. The second kappa shape index (κ2) is 8.70. The van der Waals surface area contributed by atoms with Crippen molar-refractivity contribution in [2.75, 3.05) is 6.61 Å². The molecule has 0 spiro atoms. The van der Waals surface area contributed by atoms with E-state index in [1.165, 1.54) is 42.9 Å². The van der Waals surface area contributed by atoms with E-state index in [0.29, 0.717) is 6.61 Å². The van der Waals surface area contributed by atoms with Gasteiger partial charge in [-0.05, 0) is 17.9 Å². The highest BCUT2D eigenvalue weighted by Gasteiger charge is 1.98. The van der Waals surface area contributed by atoms with Crippen LogP contribution in [-0.4, -0.2) is 11.6 Å². The number of unbranched alkanes of at least 4 members (excludes halogenated alkanes) is 5. The lowest BCUT2D eigenvalue weighted by atomic mass is 10.1. The second-order valence-corrected chi connectivity index (χ2v) is 5.34. The highest BCUT2D eigenvalue weighted by atomic mass is 16.5. The Morgan fingerprint density at radius 2 is 1.70 bits per heavy atom. The van der Waals surface area contributed by atoms with Crippen molar-refractivity contribution in [1.82, 2.24) is 4.98 Å². The van der Waals surface area contributed by atoms with E-state index < -0.39 is 0 Å². The Labute approximate surface area is 122 Å². The van der Waals surface area contributed by atoms with Crippen LogP contribution in [0.2, 0.25) is 0 Å². The number of pyridine rings is 1.